The Morgan fingerprint density at radius 2 is 1.47 bits per heavy atom. The minimum atomic E-state index is 0.230. The summed E-state index contributed by atoms with van der Waals surface area (Å²) in [6.45, 7) is 13.3. The molecule has 0 spiro atoms. The molecule has 0 aromatic carbocycles. The van der Waals surface area contributed by atoms with Crippen molar-refractivity contribution in [3.8, 4) is 0 Å². The van der Waals surface area contributed by atoms with Crippen molar-refractivity contribution >= 4 is 17.6 Å². The average molecular weight is 417 g/mol. The molecule has 30 heavy (non-hydrogen) atoms. The summed E-state index contributed by atoms with van der Waals surface area (Å²) in [5.41, 5.74) is 0.971. The van der Waals surface area contributed by atoms with Crippen molar-refractivity contribution in [1.29, 1.82) is 0 Å². The number of nitrogens with zero attached hydrogens (tertiary/aromatic N) is 6. The van der Waals surface area contributed by atoms with Gasteiger partial charge in [-0.25, -0.2) is 9.97 Å². The third-order valence-corrected chi connectivity index (χ3v) is 5.97. The first kappa shape index (κ1) is 22.5. The zero-order chi connectivity index (χ0) is 21.5. The Kier molecular flexibility index (Phi) is 8.01. The van der Waals surface area contributed by atoms with Crippen molar-refractivity contribution in [1.82, 2.24) is 24.7 Å². The molecule has 2 aliphatic rings. The lowest BCUT2D eigenvalue weighted by atomic mass is 10.3. The minimum Gasteiger partial charge on any atom is -0.355 e. The summed E-state index contributed by atoms with van der Waals surface area (Å²) in [5, 5.41) is 0. The maximum Gasteiger partial charge on any atom is 0.222 e. The molecule has 166 valence electrons. The number of hydrogen-bond acceptors (Lipinski definition) is 6. The lowest BCUT2D eigenvalue weighted by Crippen LogP contribution is -2.35. The SMILES string of the molecule is CCC(=O)N1CCCN(Cc2nc(C)cc(N3CCCN(C(=O)CC)CC3)n2)CC1. The van der Waals surface area contributed by atoms with Crippen LogP contribution in [0.2, 0.25) is 0 Å². The highest BCUT2D eigenvalue weighted by Crippen LogP contribution is 2.17. The second kappa shape index (κ2) is 10.7. The number of amides is 2. The number of aromatic nitrogens is 2. The van der Waals surface area contributed by atoms with E-state index >= 15 is 0 Å². The van der Waals surface area contributed by atoms with E-state index in [-0.39, 0.29) is 11.8 Å². The van der Waals surface area contributed by atoms with Crippen LogP contribution in [0.25, 0.3) is 0 Å². The Hall–Kier alpha value is -2.22. The highest BCUT2D eigenvalue weighted by atomic mass is 16.2. The Bertz CT molecular complexity index is 740. The first-order valence-corrected chi connectivity index (χ1v) is 11.4. The molecule has 0 N–H and O–H groups in total. The van der Waals surface area contributed by atoms with Gasteiger partial charge in [0.25, 0.3) is 0 Å². The van der Waals surface area contributed by atoms with E-state index in [4.69, 9.17) is 4.98 Å². The van der Waals surface area contributed by atoms with E-state index < -0.39 is 0 Å². The van der Waals surface area contributed by atoms with E-state index in [9.17, 15) is 9.59 Å². The maximum absolute atomic E-state index is 12.1. The van der Waals surface area contributed by atoms with Crippen molar-refractivity contribution < 1.29 is 9.59 Å². The van der Waals surface area contributed by atoms with Crippen molar-refractivity contribution in [3.05, 3.63) is 17.6 Å². The van der Waals surface area contributed by atoms with Crippen LogP contribution in [0.15, 0.2) is 6.07 Å². The van der Waals surface area contributed by atoms with E-state index in [0.29, 0.717) is 19.4 Å². The fourth-order valence-corrected chi connectivity index (χ4v) is 4.27. The predicted octanol–water partition coefficient (Wildman–Crippen LogP) is 1.68. The number of hydrogen-bond donors (Lipinski definition) is 0. The van der Waals surface area contributed by atoms with E-state index in [2.05, 4.69) is 14.8 Å². The molecule has 2 amide bonds. The molecule has 0 bridgehead atoms. The minimum absolute atomic E-state index is 0.230. The summed E-state index contributed by atoms with van der Waals surface area (Å²) >= 11 is 0. The Balaban J connectivity index is 1.64. The molecular formula is C22H36N6O2. The summed E-state index contributed by atoms with van der Waals surface area (Å²) in [6, 6.07) is 2.05. The quantitative estimate of drug-likeness (QED) is 0.727. The smallest absolute Gasteiger partial charge is 0.222 e. The molecule has 2 saturated heterocycles. The van der Waals surface area contributed by atoms with E-state index in [1.807, 2.05) is 36.6 Å². The highest BCUT2D eigenvalue weighted by molar-refractivity contribution is 5.76. The van der Waals surface area contributed by atoms with Gasteiger partial charge in [-0.3, -0.25) is 14.5 Å². The summed E-state index contributed by atoms with van der Waals surface area (Å²) in [7, 11) is 0. The fourth-order valence-electron chi connectivity index (χ4n) is 4.27. The van der Waals surface area contributed by atoms with Crippen molar-refractivity contribution in [2.75, 3.05) is 57.3 Å². The summed E-state index contributed by atoms with van der Waals surface area (Å²) < 4.78 is 0. The lowest BCUT2D eigenvalue weighted by Gasteiger charge is -2.24. The topological polar surface area (TPSA) is 72.9 Å². The van der Waals surface area contributed by atoms with Crippen LogP contribution in [-0.2, 0) is 16.1 Å². The Morgan fingerprint density at radius 1 is 0.833 bits per heavy atom. The molecular weight excluding hydrogens is 380 g/mol. The standard InChI is InChI=1S/C22H36N6O2/c1-4-21(29)27-10-6-8-25(12-13-27)17-19-23-18(3)16-20(24-19)26-9-7-11-28(15-14-26)22(30)5-2/h16H,4-15,17H2,1-3H3. The molecule has 8 nitrogen and oxygen atoms in total. The molecule has 0 saturated carbocycles. The van der Waals surface area contributed by atoms with Crippen molar-refractivity contribution in [2.24, 2.45) is 0 Å². The number of rotatable bonds is 5. The van der Waals surface area contributed by atoms with E-state index in [1.54, 1.807) is 0 Å². The average Bonchev–Trinajstić information content (AvgIpc) is 3.13. The predicted molar refractivity (Wildman–Crippen MR) is 117 cm³/mol. The van der Waals surface area contributed by atoms with Gasteiger partial charge < -0.3 is 14.7 Å². The molecule has 3 rings (SSSR count). The number of aryl methyl sites for hydroxylation is 1. The van der Waals surface area contributed by atoms with Gasteiger partial charge in [0.2, 0.25) is 11.8 Å². The number of anilines is 1. The monoisotopic (exact) mass is 416 g/mol. The first-order chi connectivity index (χ1) is 14.5. The van der Waals surface area contributed by atoms with Gasteiger partial charge in [-0.2, -0.15) is 0 Å². The van der Waals surface area contributed by atoms with Crippen LogP contribution in [0.5, 0.6) is 0 Å². The van der Waals surface area contributed by atoms with Gasteiger partial charge in [0.1, 0.15) is 11.6 Å². The zero-order valence-electron chi connectivity index (χ0n) is 18.8. The van der Waals surface area contributed by atoms with Crippen LogP contribution >= 0.6 is 0 Å². The van der Waals surface area contributed by atoms with Gasteiger partial charge >= 0.3 is 0 Å². The van der Waals surface area contributed by atoms with Gasteiger partial charge in [-0.1, -0.05) is 13.8 Å². The second-order valence-corrected chi connectivity index (χ2v) is 8.22. The molecule has 2 fully saturated rings. The third kappa shape index (κ3) is 5.90. The molecule has 1 aromatic rings. The van der Waals surface area contributed by atoms with Gasteiger partial charge in [-0.05, 0) is 19.8 Å². The van der Waals surface area contributed by atoms with Crippen molar-refractivity contribution in [2.45, 2.75) is 53.0 Å². The van der Waals surface area contributed by atoms with E-state index in [0.717, 1.165) is 82.5 Å². The molecule has 1 aromatic heterocycles. The van der Waals surface area contributed by atoms with Crippen LogP contribution < -0.4 is 4.90 Å². The molecule has 0 radical (unpaired) electrons. The lowest BCUT2D eigenvalue weighted by molar-refractivity contribution is -0.131. The normalized spacial score (nSPS) is 18.8. The zero-order valence-corrected chi connectivity index (χ0v) is 18.8. The van der Waals surface area contributed by atoms with Crippen LogP contribution in [-0.4, -0.2) is 88.8 Å². The summed E-state index contributed by atoms with van der Waals surface area (Å²) in [6.07, 6.45) is 3.07. The molecule has 0 aliphatic carbocycles. The van der Waals surface area contributed by atoms with Crippen LogP contribution in [0.1, 0.15) is 51.0 Å². The van der Waals surface area contributed by atoms with E-state index in [1.165, 1.54) is 0 Å². The maximum atomic E-state index is 12.1. The molecule has 0 unspecified atom stereocenters. The number of carbonyl (C=O) groups excluding carboxylic acids is 2. The molecule has 8 heteroatoms. The highest BCUT2D eigenvalue weighted by Gasteiger charge is 2.21. The van der Waals surface area contributed by atoms with Gasteiger partial charge in [0.05, 0.1) is 6.54 Å². The van der Waals surface area contributed by atoms with Gasteiger partial charge in [0, 0.05) is 77.0 Å². The van der Waals surface area contributed by atoms with Gasteiger partial charge in [-0.15, -0.1) is 0 Å². The molecule has 2 aliphatic heterocycles. The number of carbonyl (C=O) groups is 2. The largest absolute Gasteiger partial charge is 0.355 e. The fraction of sp³-hybridized carbons (Fsp3) is 0.727. The van der Waals surface area contributed by atoms with Gasteiger partial charge in [0.15, 0.2) is 0 Å². The van der Waals surface area contributed by atoms with Crippen molar-refractivity contribution in [3.63, 3.8) is 0 Å². The van der Waals surface area contributed by atoms with Crippen LogP contribution in [0, 0.1) is 6.92 Å². The Labute approximate surface area is 180 Å². The van der Waals surface area contributed by atoms with Crippen LogP contribution in [0.4, 0.5) is 5.82 Å². The van der Waals surface area contributed by atoms with Crippen LogP contribution in [0.3, 0.4) is 0 Å². The molecule has 3 heterocycles. The Morgan fingerprint density at radius 3 is 2.13 bits per heavy atom. The third-order valence-electron chi connectivity index (χ3n) is 5.97. The second-order valence-electron chi connectivity index (χ2n) is 8.22. The molecule has 0 atom stereocenters. The summed E-state index contributed by atoms with van der Waals surface area (Å²) in [5.74, 6) is 2.27. The first-order valence-electron chi connectivity index (χ1n) is 11.4. The summed E-state index contributed by atoms with van der Waals surface area (Å²) in [4.78, 5) is 42.2.